The highest BCUT2D eigenvalue weighted by Crippen LogP contribution is 2.48. The van der Waals surface area contributed by atoms with E-state index >= 15 is 0 Å². The zero-order valence-corrected chi connectivity index (χ0v) is 48.7. The molecular formula is C82H52BN7. The Labute approximate surface area is 522 Å². The highest BCUT2D eigenvalue weighted by Gasteiger charge is 2.44. The van der Waals surface area contributed by atoms with Gasteiger partial charge in [-0.25, -0.2) is 15.0 Å². The molecule has 2 aliphatic rings. The van der Waals surface area contributed by atoms with Gasteiger partial charge < -0.3 is 14.4 Å². The van der Waals surface area contributed by atoms with Crippen LogP contribution < -0.4 is 26.2 Å². The van der Waals surface area contributed by atoms with Crippen LogP contribution in [-0.2, 0) is 0 Å². The first-order valence-corrected chi connectivity index (χ1v) is 30.4. The first-order valence-electron chi connectivity index (χ1n) is 30.4. The maximum Gasteiger partial charge on any atom is 0.252 e. The molecule has 0 bridgehead atoms. The van der Waals surface area contributed by atoms with Crippen molar-refractivity contribution in [2.45, 2.75) is 0 Å². The zero-order valence-electron chi connectivity index (χ0n) is 48.7. The Morgan fingerprint density at radius 1 is 0.289 bits per heavy atom. The van der Waals surface area contributed by atoms with Gasteiger partial charge in [0.25, 0.3) is 6.71 Å². The summed E-state index contributed by atoms with van der Waals surface area (Å²) in [6, 6.07) is 115. The topological polar surface area (TPSA) is 73.9 Å². The molecule has 0 amide bonds. The Hall–Kier alpha value is -12.2. The molecular weight excluding hydrogens is 1090 g/mol. The molecule has 0 aliphatic carbocycles. The second kappa shape index (κ2) is 21.7. The largest absolute Gasteiger partial charge is 0.311 e. The average molecular weight is 1150 g/mol. The first kappa shape index (κ1) is 52.2. The maximum absolute atomic E-state index is 10.6. The molecule has 13 aromatic carbocycles. The van der Waals surface area contributed by atoms with E-state index in [1.165, 1.54) is 38.6 Å². The van der Waals surface area contributed by atoms with Crippen molar-refractivity contribution in [2.75, 3.05) is 9.80 Å². The third-order valence-electron chi connectivity index (χ3n) is 17.8. The minimum Gasteiger partial charge on any atom is -0.311 e. The van der Waals surface area contributed by atoms with E-state index in [9.17, 15) is 5.26 Å². The minimum absolute atomic E-state index is 0.126. The second-order valence-corrected chi connectivity index (χ2v) is 23.0. The Kier molecular flexibility index (Phi) is 12.6. The number of nitrogens with zero attached hydrogens (tertiary/aromatic N) is 7. The molecule has 0 N–H and O–H groups in total. The number of para-hydroxylation sites is 2. The summed E-state index contributed by atoms with van der Waals surface area (Å²) in [4.78, 5) is 20.6. The van der Waals surface area contributed by atoms with Gasteiger partial charge in [0.15, 0.2) is 17.5 Å². The number of aromatic nitrogens is 4. The number of benzene rings is 13. The van der Waals surface area contributed by atoms with Crippen molar-refractivity contribution in [2.24, 2.45) is 0 Å². The molecule has 8 heteroatoms. The average Bonchev–Trinajstić information content (AvgIpc) is 0.734. The Bertz CT molecular complexity index is 5090. The van der Waals surface area contributed by atoms with Crippen LogP contribution >= 0.6 is 0 Å². The van der Waals surface area contributed by atoms with Crippen LogP contribution in [-0.4, -0.2) is 26.2 Å². The third kappa shape index (κ3) is 8.87. The lowest BCUT2D eigenvalue weighted by Gasteiger charge is -2.44. The number of hydrogen-bond donors (Lipinski definition) is 0. The smallest absolute Gasteiger partial charge is 0.252 e. The van der Waals surface area contributed by atoms with E-state index in [0.717, 1.165) is 95.0 Å². The summed E-state index contributed by atoms with van der Waals surface area (Å²) in [6.45, 7) is -0.126. The summed E-state index contributed by atoms with van der Waals surface area (Å²) in [7, 11) is 0. The highest BCUT2D eigenvalue weighted by molar-refractivity contribution is 7.00. The van der Waals surface area contributed by atoms with Crippen LogP contribution in [0.25, 0.3) is 106 Å². The van der Waals surface area contributed by atoms with E-state index in [0.29, 0.717) is 28.6 Å². The van der Waals surface area contributed by atoms with Crippen LogP contribution in [0.15, 0.2) is 315 Å². The van der Waals surface area contributed by atoms with E-state index in [2.05, 4.69) is 257 Å². The molecule has 0 fully saturated rings. The maximum atomic E-state index is 10.6. The van der Waals surface area contributed by atoms with Gasteiger partial charge >= 0.3 is 0 Å². The predicted octanol–water partition coefficient (Wildman–Crippen LogP) is 18.6. The molecule has 0 atom stereocenters. The lowest BCUT2D eigenvalue weighted by molar-refractivity contribution is 1.06. The van der Waals surface area contributed by atoms with Crippen LogP contribution in [0.2, 0.25) is 0 Å². The van der Waals surface area contributed by atoms with Crippen molar-refractivity contribution < 1.29 is 0 Å². The molecule has 2 aromatic heterocycles. The highest BCUT2D eigenvalue weighted by atomic mass is 15.2. The van der Waals surface area contributed by atoms with E-state index in [1.807, 2.05) is 78.9 Å². The van der Waals surface area contributed by atoms with Crippen LogP contribution in [0.4, 0.5) is 34.1 Å². The molecule has 418 valence electrons. The molecule has 0 spiro atoms. The van der Waals surface area contributed by atoms with E-state index in [1.54, 1.807) is 0 Å². The first-order chi connectivity index (χ1) is 44.6. The van der Waals surface area contributed by atoms with Gasteiger partial charge in [0.2, 0.25) is 0 Å². The monoisotopic (exact) mass is 1150 g/mol. The summed E-state index contributed by atoms with van der Waals surface area (Å²) in [5, 5.41) is 12.8. The van der Waals surface area contributed by atoms with Crippen LogP contribution in [0.1, 0.15) is 5.56 Å². The summed E-state index contributed by atoms with van der Waals surface area (Å²) < 4.78 is 2.34. The fourth-order valence-electron chi connectivity index (χ4n) is 13.7. The van der Waals surface area contributed by atoms with Crippen LogP contribution in [0.3, 0.4) is 0 Å². The molecule has 2 aliphatic heterocycles. The van der Waals surface area contributed by atoms with Crippen LogP contribution in [0, 0.1) is 11.3 Å². The number of nitriles is 1. The Balaban J connectivity index is 0.922. The van der Waals surface area contributed by atoms with Gasteiger partial charge in [0.05, 0.1) is 28.4 Å². The SMILES string of the molecule is N#Cc1ccc(-n2c3ccc(-c4cc5c6c(c4)N(c4ccccc4)c4ccc(-c7ccccc7)cc4B6c4cc(-c6ccccc6)ccc4N5c4ccccc4)cc3c3ccc(-c4ccccc4)cc32)c(-c2nc(-c3ccccc3)nc(-c3ccccc3)n2)c1. The number of anilines is 6. The second-order valence-electron chi connectivity index (χ2n) is 23.0. The van der Waals surface area contributed by atoms with Crippen molar-refractivity contribution >= 4 is 79.0 Å². The van der Waals surface area contributed by atoms with Crippen molar-refractivity contribution in [3.63, 3.8) is 0 Å². The molecule has 0 saturated heterocycles. The van der Waals surface area contributed by atoms with Gasteiger partial charge in [-0.15, -0.1) is 0 Å². The van der Waals surface area contributed by atoms with Gasteiger partial charge in [-0.3, -0.25) is 0 Å². The number of fused-ring (bicyclic) bond motifs is 7. The van der Waals surface area contributed by atoms with Crippen molar-refractivity contribution in [3.05, 3.63) is 321 Å². The fourth-order valence-corrected chi connectivity index (χ4v) is 13.7. The molecule has 0 saturated carbocycles. The number of hydrogen-bond acceptors (Lipinski definition) is 6. The van der Waals surface area contributed by atoms with Crippen molar-refractivity contribution in [1.29, 1.82) is 5.26 Å². The van der Waals surface area contributed by atoms with E-state index in [-0.39, 0.29) is 6.71 Å². The lowest BCUT2D eigenvalue weighted by atomic mass is 9.33. The predicted molar refractivity (Wildman–Crippen MR) is 371 cm³/mol. The van der Waals surface area contributed by atoms with E-state index < -0.39 is 0 Å². The molecule has 0 unspecified atom stereocenters. The zero-order chi connectivity index (χ0) is 59.7. The van der Waals surface area contributed by atoms with Gasteiger partial charge in [-0.2, -0.15) is 5.26 Å². The van der Waals surface area contributed by atoms with E-state index in [4.69, 9.17) is 15.0 Å². The fraction of sp³-hybridized carbons (Fsp3) is 0. The summed E-state index contributed by atoms with van der Waals surface area (Å²) in [5.41, 5.74) is 25.2. The quantitative estimate of drug-likeness (QED) is 0.127. The summed E-state index contributed by atoms with van der Waals surface area (Å²) in [5.74, 6) is 1.54. The van der Waals surface area contributed by atoms with Gasteiger partial charge in [0, 0.05) is 61.6 Å². The van der Waals surface area contributed by atoms with Gasteiger partial charge in [0.1, 0.15) is 0 Å². The number of rotatable bonds is 10. The van der Waals surface area contributed by atoms with Crippen LogP contribution in [0.5, 0.6) is 0 Å². The lowest BCUT2D eigenvalue weighted by Crippen LogP contribution is -2.61. The third-order valence-corrected chi connectivity index (χ3v) is 17.8. The summed E-state index contributed by atoms with van der Waals surface area (Å²) in [6.07, 6.45) is 0. The molecule has 15 aromatic rings. The molecule has 7 nitrogen and oxygen atoms in total. The van der Waals surface area contributed by atoms with Crippen molar-refractivity contribution in [3.8, 4) is 90.4 Å². The molecule has 90 heavy (non-hydrogen) atoms. The summed E-state index contributed by atoms with van der Waals surface area (Å²) >= 11 is 0. The Morgan fingerprint density at radius 2 is 0.700 bits per heavy atom. The molecule has 4 heterocycles. The Morgan fingerprint density at radius 3 is 1.19 bits per heavy atom. The standard InChI is InChI=1S/C82H52BN7/c84-53-54-36-42-73(69(46-54)82-86-80(58-28-14-4-15-29-58)85-81(87-82)59-30-16-5-17-31-59)90-72-43-38-60(47-68(72)67-41-37-63(50-76(67)90)57-26-12-3-13-27-57)64-51-77-79-78(52-64)89(66-34-20-7-21-35-66)75-45-40-62(56-24-10-2-11-25-56)49-71(75)83(79)70-48-61(55-22-8-1-9-23-55)39-44-74(70)88(77)65-32-18-6-19-33-65/h1-52H. The minimum atomic E-state index is -0.126. The van der Waals surface area contributed by atoms with Gasteiger partial charge in [-0.1, -0.05) is 231 Å². The normalized spacial score (nSPS) is 12.1. The molecule has 0 radical (unpaired) electrons. The van der Waals surface area contributed by atoms with Gasteiger partial charge in [-0.05, 0) is 146 Å². The van der Waals surface area contributed by atoms with Crippen molar-refractivity contribution in [1.82, 2.24) is 19.5 Å². The molecule has 17 rings (SSSR count).